The molecule has 1 heterocycles. The van der Waals surface area contributed by atoms with Crippen LogP contribution < -0.4 is 5.73 Å². The van der Waals surface area contributed by atoms with Crippen molar-refractivity contribution in [3.63, 3.8) is 0 Å². The van der Waals surface area contributed by atoms with Gasteiger partial charge in [0.1, 0.15) is 0 Å². The molecule has 1 saturated carbocycles. The highest BCUT2D eigenvalue weighted by molar-refractivity contribution is 4.92. The fourth-order valence-corrected chi connectivity index (χ4v) is 3.53. The minimum absolute atomic E-state index is 0.147. The van der Waals surface area contributed by atoms with Gasteiger partial charge in [0, 0.05) is 18.6 Å². The molecule has 2 N–H and O–H groups in total. The molecule has 2 fully saturated rings. The van der Waals surface area contributed by atoms with Crippen molar-refractivity contribution in [2.45, 2.75) is 44.1 Å². The van der Waals surface area contributed by atoms with Crippen molar-refractivity contribution in [1.82, 2.24) is 9.80 Å². The molecule has 1 aliphatic carbocycles. The molecule has 0 amide bonds. The van der Waals surface area contributed by atoms with Crippen LogP contribution in [0.3, 0.4) is 0 Å². The first-order valence-electron chi connectivity index (χ1n) is 7.23. The van der Waals surface area contributed by atoms with E-state index < -0.39 is 0 Å². The van der Waals surface area contributed by atoms with Crippen molar-refractivity contribution in [3.05, 3.63) is 0 Å². The molecule has 0 aromatic rings. The number of nitrogens with zero attached hydrogens (tertiary/aromatic N) is 2. The molecule has 100 valence electrons. The first-order valence-corrected chi connectivity index (χ1v) is 7.23. The normalized spacial score (nSPS) is 26.8. The maximum atomic E-state index is 6.46. The first kappa shape index (κ1) is 13.3. The molecule has 1 aliphatic heterocycles. The van der Waals surface area contributed by atoms with Crippen LogP contribution in [-0.2, 0) is 0 Å². The summed E-state index contributed by atoms with van der Waals surface area (Å²) >= 11 is 0. The Morgan fingerprint density at radius 3 is 2.29 bits per heavy atom. The summed E-state index contributed by atoms with van der Waals surface area (Å²) in [7, 11) is 4.36. The topological polar surface area (TPSA) is 32.5 Å². The third-order valence-corrected chi connectivity index (χ3v) is 4.47. The Kier molecular flexibility index (Phi) is 4.45. The number of likely N-dealkylation sites (tertiary alicyclic amines) is 1. The van der Waals surface area contributed by atoms with Gasteiger partial charge in [0.2, 0.25) is 0 Å². The monoisotopic (exact) mass is 239 g/mol. The van der Waals surface area contributed by atoms with Crippen LogP contribution in [0.15, 0.2) is 0 Å². The van der Waals surface area contributed by atoms with Crippen LogP contribution in [-0.4, -0.2) is 55.6 Å². The molecule has 2 rings (SSSR count). The van der Waals surface area contributed by atoms with Gasteiger partial charge in [0.05, 0.1) is 0 Å². The number of nitrogens with two attached hydrogens (primary N) is 1. The van der Waals surface area contributed by atoms with Crippen LogP contribution in [0, 0.1) is 5.92 Å². The summed E-state index contributed by atoms with van der Waals surface area (Å²) in [5.41, 5.74) is 6.60. The summed E-state index contributed by atoms with van der Waals surface area (Å²) in [5.74, 6) is 0.901. The van der Waals surface area contributed by atoms with E-state index in [1.54, 1.807) is 0 Å². The molecule has 0 spiro atoms. The quantitative estimate of drug-likeness (QED) is 0.807. The van der Waals surface area contributed by atoms with E-state index in [-0.39, 0.29) is 5.54 Å². The Hall–Kier alpha value is -0.120. The Morgan fingerprint density at radius 1 is 1.18 bits per heavy atom. The maximum absolute atomic E-state index is 6.46. The van der Waals surface area contributed by atoms with E-state index >= 15 is 0 Å². The summed E-state index contributed by atoms with van der Waals surface area (Å²) in [6, 6.07) is 0. The molecule has 3 heteroatoms. The van der Waals surface area contributed by atoms with Gasteiger partial charge in [-0.25, -0.2) is 0 Å². The van der Waals surface area contributed by atoms with Gasteiger partial charge in [-0.2, -0.15) is 0 Å². The second kappa shape index (κ2) is 5.68. The van der Waals surface area contributed by atoms with Crippen LogP contribution in [0.5, 0.6) is 0 Å². The van der Waals surface area contributed by atoms with Crippen molar-refractivity contribution >= 4 is 0 Å². The predicted octanol–water partition coefficient (Wildman–Crippen LogP) is 1.53. The van der Waals surface area contributed by atoms with Crippen molar-refractivity contribution in [1.29, 1.82) is 0 Å². The Labute approximate surface area is 106 Å². The van der Waals surface area contributed by atoms with Crippen molar-refractivity contribution in [3.8, 4) is 0 Å². The molecular formula is C14H29N3. The second-order valence-corrected chi connectivity index (χ2v) is 6.55. The Balaban J connectivity index is 1.71. The van der Waals surface area contributed by atoms with Gasteiger partial charge in [0.25, 0.3) is 0 Å². The fourth-order valence-electron chi connectivity index (χ4n) is 3.53. The zero-order valence-corrected chi connectivity index (χ0v) is 11.6. The zero-order valence-electron chi connectivity index (χ0n) is 11.6. The molecule has 0 bridgehead atoms. The van der Waals surface area contributed by atoms with Gasteiger partial charge in [-0.15, -0.1) is 0 Å². The van der Waals surface area contributed by atoms with Crippen molar-refractivity contribution in [2.24, 2.45) is 11.7 Å². The Bertz CT molecular complexity index is 226. The van der Waals surface area contributed by atoms with E-state index in [4.69, 9.17) is 5.73 Å². The van der Waals surface area contributed by atoms with E-state index in [0.29, 0.717) is 0 Å². The molecule has 17 heavy (non-hydrogen) atoms. The summed E-state index contributed by atoms with van der Waals surface area (Å²) in [5, 5.41) is 0. The van der Waals surface area contributed by atoms with E-state index in [2.05, 4.69) is 23.9 Å². The maximum Gasteiger partial charge on any atom is 0.0283 e. The van der Waals surface area contributed by atoms with Gasteiger partial charge >= 0.3 is 0 Å². The highest BCUT2D eigenvalue weighted by Gasteiger charge is 2.32. The average Bonchev–Trinajstić information content (AvgIpc) is 2.67. The zero-order chi connectivity index (χ0) is 12.3. The van der Waals surface area contributed by atoms with E-state index in [1.807, 2.05) is 0 Å². The lowest BCUT2D eigenvalue weighted by Crippen LogP contribution is -2.50. The molecule has 0 radical (unpaired) electrons. The molecule has 0 aromatic carbocycles. The lowest BCUT2D eigenvalue weighted by molar-refractivity contribution is 0.135. The minimum Gasteiger partial charge on any atom is -0.324 e. The molecule has 0 atom stereocenters. The minimum atomic E-state index is 0.147. The molecular weight excluding hydrogens is 210 g/mol. The van der Waals surface area contributed by atoms with Gasteiger partial charge in [-0.1, -0.05) is 12.8 Å². The molecule has 3 nitrogen and oxygen atoms in total. The largest absolute Gasteiger partial charge is 0.324 e. The highest BCUT2D eigenvalue weighted by Crippen LogP contribution is 2.29. The van der Waals surface area contributed by atoms with Crippen LogP contribution >= 0.6 is 0 Å². The van der Waals surface area contributed by atoms with Gasteiger partial charge in [-0.3, -0.25) is 0 Å². The lowest BCUT2D eigenvalue weighted by Gasteiger charge is -2.37. The number of hydrogen-bond acceptors (Lipinski definition) is 3. The van der Waals surface area contributed by atoms with Gasteiger partial charge in [-0.05, 0) is 58.8 Å². The SMILES string of the molecule is CN(C)CC1CCN(CC2(N)CCCC2)CC1. The van der Waals surface area contributed by atoms with Gasteiger partial charge < -0.3 is 15.5 Å². The van der Waals surface area contributed by atoms with Crippen LogP contribution in [0.2, 0.25) is 0 Å². The fraction of sp³-hybridized carbons (Fsp3) is 1.00. The average molecular weight is 239 g/mol. The first-order chi connectivity index (χ1) is 8.07. The van der Waals surface area contributed by atoms with Crippen LogP contribution in [0.1, 0.15) is 38.5 Å². The van der Waals surface area contributed by atoms with Crippen LogP contribution in [0.4, 0.5) is 0 Å². The summed E-state index contributed by atoms with van der Waals surface area (Å²) < 4.78 is 0. The van der Waals surface area contributed by atoms with Crippen LogP contribution in [0.25, 0.3) is 0 Å². The van der Waals surface area contributed by atoms with E-state index in [0.717, 1.165) is 12.5 Å². The predicted molar refractivity (Wildman–Crippen MR) is 73.1 cm³/mol. The van der Waals surface area contributed by atoms with Crippen molar-refractivity contribution in [2.75, 3.05) is 40.3 Å². The third-order valence-electron chi connectivity index (χ3n) is 4.47. The molecule has 1 saturated heterocycles. The smallest absolute Gasteiger partial charge is 0.0283 e. The standard InChI is InChI=1S/C14H29N3/c1-16(2)11-13-5-9-17(10-6-13)12-14(15)7-3-4-8-14/h13H,3-12,15H2,1-2H3. The highest BCUT2D eigenvalue weighted by atomic mass is 15.2. The second-order valence-electron chi connectivity index (χ2n) is 6.55. The summed E-state index contributed by atoms with van der Waals surface area (Å²) in [6.45, 7) is 4.91. The molecule has 0 unspecified atom stereocenters. The van der Waals surface area contributed by atoms with E-state index in [9.17, 15) is 0 Å². The lowest BCUT2D eigenvalue weighted by atomic mass is 9.93. The van der Waals surface area contributed by atoms with E-state index in [1.165, 1.54) is 58.2 Å². The molecule has 2 aliphatic rings. The summed E-state index contributed by atoms with van der Waals surface area (Å²) in [4.78, 5) is 4.93. The molecule has 0 aromatic heterocycles. The van der Waals surface area contributed by atoms with Crippen molar-refractivity contribution < 1.29 is 0 Å². The number of piperidine rings is 1. The number of rotatable bonds is 4. The third kappa shape index (κ3) is 3.94. The van der Waals surface area contributed by atoms with Gasteiger partial charge in [0.15, 0.2) is 0 Å². The Morgan fingerprint density at radius 2 is 1.76 bits per heavy atom. The number of hydrogen-bond donors (Lipinski definition) is 1. The summed E-state index contributed by atoms with van der Waals surface area (Å²) in [6.07, 6.45) is 7.87.